The molecule has 2 bridgehead atoms. The highest BCUT2D eigenvalue weighted by atomic mass is 32.1. The molecule has 5 rings (SSSR count). The topological polar surface area (TPSA) is 33.2 Å². The van der Waals surface area contributed by atoms with E-state index in [2.05, 4.69) is 9.88 Å². The van der Waals surface area contributed by atoms with Crippen molar-refractivity contribution < 1.29 is 4.79 Å². The van der Waals surface area contributed by atoms with Gasteiger partial charge in [0.15, 0.2) is 10.8 Å². The lowest BCUT2D eigenvalue weighted by molar-refractivity contribution is 0.0441. The van der Waals surface area contributed by atoms with Gasteiger partial charge in [-0.3, -0.25) is 4.79 Å². The Kier molecular flexibility index (Phi) is 3.08. The summed E-state index contributed by atoms with van der Waals surface area (Å²) in [4.78, 5) is 19.5. The minimum atomic E-state index is 0.241. The number of nitrogens with zero attached hydrogens (tertiary/aromatic N) is 2. The molecule has 3 nitrogen and oxygen atoms in total. The second-order valence-corrected chi connectivity index (χ2v) is 7.04. The number of fused-ring (bicyclic) bond motifs is 4. The summed E-state index contributed by atoms with van der Waals surface area (Å²) < 4.78 is 1.12. The van der Waals surface area contributed by atoms with E-state index in [-0.39, 0.29) is 5.78 Å². The molecule has 1 atom stereocenters. The van der Waals surface area contributed by atoms with Crippen LogP contribution in [0.3, 0.4) is 0 Å². The molecule has 2 aromatic rings. The van der Waals surface area contributed by atoms with Crippen molar-refractivity contribution >= 4 is 27.3 Å². The number of hydrogen-bond acceptors (Lipinski definition) is 4. The molecule has 1 aromatic carbocycles. The predicted molar refractivity (Wildman–Crippen MR) is 81.2 cm³/mol. The van der Waals surface area contributed by atoms with Crippen molar-refractivity contribution in [1.82, 2.24) is 9.88 Å². The van der Waals surface area contributed by atoms with Crippen LogP contribution >= 0.6 is 11.3 Å². The number of ketones is 1. The van der Waals surface area contributed by atoms with Gasteiger partial charge >= 0.3 is 0 Å². The second-order valence-electron chi connectivity index (χ2n) is 6.01. The molecular formula is C16H18N2OS. The van der Waals surface area contributed by atoms with Crippen LogP contribution in [0.5, 0.6) is 0 Å². The van der Waals surface area contributed by atoms with Gasteiger partial charge in [-0.2, -0.15) is 0 Å². The van der Waals surface area contributed by atoms with E-state index < -0.39 is 0 Å². The number of hydrogen-bond donors (Lipinski definition) is 0. The van der Waals surface area contributed by atoms with Gasteiger partial charge in [-0.25, -0.2) is 4.98 Å². The van der Waals surface area contributed by atoms with Gasteiger partial charge in [0.05, 0.1) is 10.2 Å². The van der Waals surface area contributed by atoms with E-state index >= 15 is 0 Å². The number of Topliss-reactive ketones (excluding diaryl/α,β-unsaturated/α-hetero) is 1. The normalized spacial score (nSPS) is 28.9. The molecule has 3 saturated heterocycles. The summed E-state index contributed by atoms with van der Waals surface area (Å²) in [5.41, 5.74) is 0.953. The van der Waals surface area contributed by atoms with Crippen LogP contribution in [0, 0.1) is 11.8 Å². The molecule has 0 saturated carbocycles. The van der Waals surface area contributed by atoms with Crippen LogP contribution in [0.2, 0.25) is 0 Å². The van der Waals surface area contributed by atoms with Gasteiger partial charge in [-0.15, -0.1) is 11.3 Å². The van der Waals surface area contributed by atoms with E-state index in [1.807, 2.05) is 24.3 Å². The summed E-state index contributed by atoms with van der Waals surface area (Å²) in [6.07, 6.45) is 3.23. The fourth-order valence-electron chi connectivity index (χ4n) is 3.64. The lowest BCUT2D eigenvalue weighted by Crippen LogP contribution is -2.47. The number of benzene rings is 1. The molecule has 1 aromatic heterocycles. The van der Waals surface area contributed by atoms with Gasteiger partial charge in [0.2, 0.25) is 0 Å². The number of thiazole rings is 1. The maximum atomic E-state index is 12.5. The average molecular weight is 286 g/mol. The third-order valence-corrected chi connectivity index (χ3v) is 5.85. The first-order chi connectivity index (χ1) is 9.79. The van der Waals surface area contributed by atoms with E-state index in [1.54, 1.807) is 0 Å². The van der Waals surface area contributed by atoms with Gasteiger partial charge in [0.1, 0.15) is 0 Å². The summed E-state index contributed by atoms with van der Waals surface area (Å²) in [6, 6.07) is 8.00. The molecule has 0 aliphatic carbocycles. The minimum absolute atomic E-state index is 0.241. The fourth-order valence-corrected chi connectivity index (χ4v) is 4.55. The van der Waals surface area contributed by atoms with Crippen molar-refractivity contribution in [2.75, 3.05) is 19.6 Å². The number of carbonyl (C=O) groups is 1. The van der Waals surface area contributed by atoms with E-state index in [4.69, 9.17) is 0 Å². The average Bonchev–Trinajstić information content (AvgIpc) is 2.92. The van der Waals surface area contributed by atoms with Gasteiger partial charge in [0, 0.05) is 13.0 Å². The highest BCUT2D eigenvalue weighted by Gasteiger charge is 2.35. The predicted octanol–water partition coefficient (Wildman–Crippen LogP) is 3.21. The monoisotopic (exact) mass is 286 g/mol. The van der Waals surface area contributed by atoms with Crippen molar-refractivity contribution in [1.29, 1.82) is 0 Å². The van der Waals surface area contributed by atoms with Crippen molar-refractivity contribution in [3.63, 3.8) is 0 Å². The Balaban J connectivity index is 1.52. The summed E-state index contributed by atoms with van der Waals surface area (Å²) >= 11 is 1.54. The molecule has 0 radical (unpaired) electrons. The molecule has 4 heteroatoms. The smallest absolute Gasteiger partial charge is 0.191 e. The molecule has 4 heterocycles. The van der Waals surface area contributed by atoms with Gasteiger partial charge < -0.3 is 4.90 Å². The van der Waals surface area contributed by atoms with Crippen molar-refractivity contribution in [2.24, 2.45) is 11.8 Å². The lowest BCUT2D eigenvalue weighted by Gasteiger charge is -2.44. The molecule has 0 amide bonds. The van der Waals surface area contributed by atoms with Crippen LogP contribution in [-0.2, 0) is 0 Å². The van der Waals surface area contributed by atoms with Gasteiger partial charge in [-0.05, 0) is 49.9 Å². The summed E-state index contributed by atoms with van der Waals surface area (Å²) in [6.45, 7) is 3.58. The lowest BCUT2D eigenvalue weighted by atomic mass is 9.77. The quantitative estimate of drug-likeness (QED) is 0.812. The van der Waals surface area contributed by atoms with Crippen LogP contribution in [0.15, 0.2) is 24.3 Å². The second kappa shape index (κ2) is 4.93. The zero-order valence-electron chi connectivity index (χ0n) is 11.4. The Morgan fingerprint density at radius 2 is 2.10 bits per heavy atom. The molecule has 3 aliphatic heterocycles. The molecule has 1 unspecified atom stereocenters. The summed E-state index contributed by atoms with van der Waals surface area (Å²) in [5.74, 6) is 1.56. The largest absolute Gasteiger partial charge is 0.303 e. The standard InChI is InChI=1S/C16H18N2OS/c19-14(9-12-10-18-7-5-11(12)6-8-18)16-17-13-3-1-2-4-15(13)20-16/h1-4,11-12H,5-10H2. The molecule has 20 heavy (non-hydrogen) atoms. The van der Waals surface area contributed by atoms with Crippen LogP contribution in [-0.4, -0.2) is 35.3 Å². The molecule has 104 valence electrons. The third-order valence-electron chi connectivity index (χ3n) is 4.77. The van der Waals surface area contributed by atoms with Gasteiger partial charge in [0.25, 0.3) is 0 Å². The first-order valence-electron chi connectivity index (χ1n) is 7.41. The molecule has 0 N–H and O–H groups in total. The zero-order valence-corrected chi connectivity index (χ0v) is 12.2. The summed E-state index contributed by atoms with van der Waals surface area (Å²) in [5, 5.41) is 0.697. The Bertz CT molecular complexity index is 610. The minimum Gasteiger partial charge on any atom is -0.303 e. The maximum absolute atomic E-state index is 12.5. The molecule has 0 spiro atoms. The highest BCUT2D eigenvalue weighted by molar-refractivity contribution is 7.20. The number of carbonyl (C=O) groups excluding carboxylic acids is 1. The molecule has 3 aliphatic rings. The fraction of sp³-hybridized carbons (Fsp3) is 0.500. The van der Waals surface area contributed by atoms with Crippen LogP contribution in [0.1, 0.15) is 29.1 Å². The Morgan fingerprint density at radius 1 is 1.30 bits per heavy atom. The van der Waals surface area contributed by atoms with Gasteiger partial charge in [-0.1, -0.05) is 12.1 Å². The van der Waals surface area contributed by atoms with E-state index in [9.17, 15) is 4.79 Å². The van der Waals surface area contributed by atoms with Crippen molar-refractivity contribution in [2.45, 2.75) is 19.3 Å². The first-order valence-corrected chi connectivity index (χ1v) is 8.22. The Hall–Kier alpha value is -1.26. The highest BCUT2D eigenvalue weighted by Crippen LogP contribution is 2.35. The number of piperidine rings is 3. The number of para-hydroxylation sites is 1. The molecular weight excluding hydrogens is 268 g/mol. The Labute approximate surface area is 122 Å². The van der Waals surface area contributed by atoms with Crippen LogP contribution in [0.25, 0.3) is 10.2 Å². The SMILES string of the molecule is O=C(CC1CN2CCC1CC2)c1nc2ccccc2s1. The first kappa shape index (κ1) is 12.5. The number of aromatic nitrogens is 1. The van der Waals surface area contributed by atoms with E-state index in [0.29, 0.717) is 17.3 Å². The van der Waals surface area contributed by atoms with Crippen LogP contribution in [0.4, 0.5) is 0 Å². The van der Waals surface area contributed by atoms with Crippen LogP contribution < -0.4 is 0 Å². The van der Waals surface area contributed by atoms with Crippen molar-refractivity contribution in [3.8, 4) is 0 Å². The summed E-state index contributed by atoms with van der Waals surface area (Å²) in [7, 11) is 0. The van der Waals surface area contributed by atoms with Crippen molar-refractivity contribution in [3.05, 3.63) is 29.3 Å². The van der Waals surface area contributed by atoms with E-state index in [0.717, 1.165) is 22.7 Å². The zero-order chi connectivity index (χ0) is 13.5. The number of rotatable bonds is 3. The molecule has 3 fully saturated rings. The van der Waals surface area contributed by atoms with E-state index in [1.165, 1.54) is 37.3 Å². The maximum Gasteiger partial charge on any atom is 0.191 e. The Morgan fingerprint density at radius 3 is 2.80 bits per heavy atom. The third kappa shape index (κ3) is 2.17.